The lowest BCUT2D eigenvalue weighted by atomic mass is 9.85. The molecule has 51 heavy (non-hydrogen) atoms. The predicted molar refractivity (Wildman–Crippen MR) is 194 cm³/mol. The van der Waals surface area contributed by atoms with Gasteiger partial charge < -0.3 is 39.9 Å². The third kappa shape index (κ3) is 22.6. The van der Waals surface area contributed by atoms with Gasteiger partial charge in [0.1, 0.15) is 43.2 Å². The summed E-state index contributed by atoms with van der Waals surface area (Å²) < 4.78 is 33.3. The first kappa shape index (κ1) is 47.9. The lowest BCUT2D eigenvalue weighted by Gasteiger charge is -2.41. The van der Waals surface area contributed by atoms with Gasteiger partial charge in [-0.25, -0.2) is 4.57 Å². The highest BCUT2D eigenvalue weighted by molar-refractivity contribution is 7.47. The summed E-state index contributed by atoms with van der Waals surface area (Å²) >= 11 is 0. The second-order valence-corrected chi connectivity index (χ2v) is 15.6. The maximum atomic E-state index is 12.7. The molecule has 0 amide bonds. The van der Waals surface area contributed by atoms with E-state index in [-0.39, 0.29) is 12.8 Å². The Morgan fingerprint density at radius 2 is 0.882 bits per heavy atom. The number of phosphoric acid groups is 1. The molecule has 1 rings (SSSR count). The topological polar surface area (TPSA) is 210 Å². The predicted octanol–water partition coefficient (Wildman–Crippen LogP) is 6.16. The first-order valence-electron chi connectivity index (χ1n) is 19.8. The number of carbonyl (C=O) groups excluding carboxylic acids is 2. The van der Waals surface area contributed by atoms with Crippen LogP contribution in [0.15, 0.2) is 0 Å². The number of carbonyl (C=O) groups is 2. The molecule has 6 N–H and O–H groups in total. The van der Waals surface area contributed by atoms with Crippen molar-refractivity contribution < 1.29 is 63.1 Å². The summed E-state index contributed by atoms with van der Waals surface area (Å²) in [5.41, 5.74) is 0. The number of unbranched alkanes of at least 4 members (excludes halogenated alkanes) is 20. The Hall–Kier alpha value is -1.15. The number of hydrogen-bond acceptors (Lipinski definition) is 12. The van der Waals surface area contributed by atoms with Crippen molar-refractivity contribution in [1.82, 2.24) is 0 Å². The van der Waals surface area contributed by atoms with E-state index < -0.39 is 75.7 Å². The number of ether oxygens (including phenoxy) is 2. The van der Waals surface area contributed by atoms with Crippen LogP contribution in [0.2, 0.25) is 0 Å². The van der Waals surface area contributed by atoms with E-state index in [1.165, 1.54) is 83.5 Å². The molecule has 0 bridgehead atoms. The smallest absolute Gasteiger partial charge is 0.462 e. The number of esters is 2. The third-order valence-corrected chi connectivity index (χ3v) is 10.4. The molecule has 1 aliphatic rings. The molecular formula is C37H71O13P. The van der Waals surface area contributed by atoms with Crippen molar-refractivity contribution in [2.75, 3.05) is 13.2 Å². The van der Waals surface area contributed by atoms with Crippen LogP contribution in [-0.2, 0) is 32.7 Å². The summed E-state index contributed by atoms with van der Waals surface area (Å²) in [7, 11) is -5.10. The second kappa shape index (κ2) is 29.2. The van der Waals surface area contributed by atoms with Crippen LogP contribution in [-0.4, -0.2) is 98.3 Å². The SMILES string of the molecule is CCCCCCCCCCCCCC(=O)OCC(COP(=O)(O)OC1C(O)C(O)C(O)C(O)C1O)OC(=O)CCCCCCCCCCCCC. The fourth-order valence-corrected chi connectivity index (χ4v) is 7.14. The van der Waals surface area contributed by atoms with E-state index in [1.54, 1.807) is 0 Å². The zero-order chi connectivity index (χ0) is 37.9. The third-order valence-electron chi connectivity index (χ3n) is 9.45. The van der Waals surface area contributed by atoms with E-state index in [2.05, 4.69) is 13.8 Å². The van der Waals surface area contributed by atoms with Crippen molar-refractivity contribution in [2.24, 2.45) is 0 Å². The molecule has 6 unspecified atom stereocenters. The zero-order valence-electron chi connectivity index (χ0n) is 31.4. The van der Waals surface area contributed by atoms with Crippen molar-refractivity contribution in [2.45, 2.75) is 211 Å². The molecule has 1 aliphatic carbocycles. The summed E-state index contributed by atoms with van der Waals surface area (Å²) in [6.07, 6.45) is 11.8. The van der Waals surface area contributed by atoms with Gasteiger partial charge in [0, 0.05) is 12.8 Å². The lowest BCUT2D eigenvalue weighted by Crippen LogP contribution is -2.64. The molecule has 0 aromatic rings. The van der Waals surface area contributed by atoms with Crippen LogP contribution in [0.5, 0.6) is 0 Å². The summed E-state index contributed by atoms with van der Waals surface area (Å²) in [4.78, 5) is 35.4. The minimum Gasteiger partial charge on any atom is -0.462 e. The van der Waals surface area contributed by atoms with Crippen molar-refractivity contribution in [3.8, 4) is 0 Å². The summed E-state index contributed by atoms with van der Waals surface area (Å²) in [6.45, 7) is 3.25. The minimum atomic E-state index is -5.10. The number of hydrogen-bond donors (Lipinski definition) is 6. The first-order valence-corrected chi connectivity index (χ1v) is 21.3. The maximum absolute atomic E-state index is 12.7. The van der Waals surface area contributed by atoms with Gasteiger partial charge in [0.05, 0.1) is 6.61 Å². The van der Waals surface area contributed by atoms with Gasteiger partial charge in [-0.1, -0.05) is 142 Å². The highest BCUT2D eigenvalue weighted by Gasteiger charge is 2.51. The maximum Gasteiger partial charge on any atom is 0.472 e. The Morgan fingerprint density at radius 1 is 0.529 bits per heavy atom. The molecular weight excluding hydrogens is 683 g/mol. The Bertz CT molecular complexity index is 922. The summed E-state index contributed by atoms with van der Waals surface area (Å²) in [5, 5.41) is 49.9. The monoisotopic (exact) mass is 754 g/mol. The molecule has 0 aromatic carbocycles. The van der Waals surface area contributed by atoms with Gasteiger partial charge in [0.25, 0.3) is 0 Å². The van der Waals surface area contributed by atoms with Crippen LogP contribution in [0.25, 0.3) is 0 Å². The van der Waals surface area contributed by atoms with Gasteiger partial charge in [-0.05, 0) is 12.8 Å². The van der Waals surface area contributed by atoms with Gasteiger partial charge in [-0.2, -0.15) is 0 Å². The molecule has 0 aromatic heterocycles. The second-order valence-electron chi connectivity index (χ2n) is 14.2. The van der Waals surface area contributed by atoms with Crippen molar-refractivity contribution in [3.05, 3.63) is 0 Å². The summed E-state index contributed by atoms with van der Waals surface area (Å²) in [6, 6.07) is 0. The Kier molecular flexibility index (Phi) is 27.4. The molecule has 1 saturated carbocycles. The highest BCUT2D eigenvalue weighted by atomic mass is 31.2. The van der Waals surface area contributed by atoms with Crippen LogP contribution < -0.4 is 0 Å². The van der Waals surface area contributed by atoms with Gasteiger partial charge in [0.2, 0.25) is 0 Å². The average Bonchev–Trinajstić information content (AvgIpc) is 3.10. The largest absolute Gasteiger partial charge is 0.472 e. The number of rotatable bonds is 32. The van der Waals surface area contributed by atoms with E-state index in [4.69, 9.17) is 18.5 Å². The van der Waals surface area contributed by atoms with Crippen molar-refractivity contribution >= 4 is 19.8 Å². The average molecular weight is 755 g/mol. The van der Waals surface area contributed by atoms with Crippen LogP contribution >= 0.6 is 7.82 Å². The van der Waals surface area contributed by atoms with E-state index in [1.807, 2.05) is 0 Å². The Balaban J connectivity index is 2.54. The molecule has 14 heteroatoms. The van der Waals surface area contributed by atoms with Crippen molar-refractivity contribution in [1.29, 1.82) is 0 Å². The molecule has 302 valence electrons. The Morgan fingerprint density at radius 3 is 1.29 bits per heavy atom. The van der Waals surface area contributed by atoms with Gasteiger partial charge in [0.15, 0.2) is 6.10 Å². The van der Waals surface area contributed by atoms with Crippen molar-refractivity contribution in [3.63, 3.8) is 0 Å². The van der Waals surface area contributed by atoms with Crippen LogP contribution in [0.4, 0.5) is 0 Å². The van der Waals surface area contributed by atoms with E-state index in [9.17, 15) is 44.6 Å². The fraction of sp³-hybridized carbons (Fsp3) is 0.946. The molecule has 1 fully saturated rings. The lowest BCUT2D eigenvalue weighted by molar-refractivity contribution is -0.220. The van der Waals surface area contributed by atoms with Gasteiger partial charge >= 0.3 is 19.8 Å². The number of aliphatic hydroxyl groups is 5. The summed E-state index contributed by atoms with van der Waals surface area (Å²) in [5.74, 6) is -1.09. The molecule has 0 spiro atoms. The molecule has 0 aliphatic heterocycles. The van der Waals surface area contributed by atoms with E-state index >= 15 is 0 Å². The zero-order valence-corrected chi connectivity index (χ0v) is 32.3. The molecule has 0 saturated heterocycles. The molecule has 0 heterocycles. The highest BCUT2D eigenvalue weighted by Crippen LogP contribution is 2.47. The normalized spacial score (nSPS) is 23.8. The van der Waals surface area contributed by atoms with Gasteiger partial charge in [-0.15, -0.1) is 0 Å². The van der Waals surface area contributed by atoms with Crippen LogP contribution in [0.3, 0.4) is 0 Å². The minimum absolute atomic E-state index is 0.103. The molecule has 0 radical (unpaired) electrons. The number of phosphoric ester groups is 1. The molecule has 6 atom stereocenters. The standard InChI is InChI=1S/C37H71O13P/c1-3-5-7-9-11-13-15-17-19-21-23-25-30(38)47-27-29(49-31(39)26-24-22-20-18-16-14-12-10-8-6-4-2)28-48-51(45,46)50-37-35(43)33(41)32(40)34(42)36(37)44/h29,32-37,40-44H,3-28H2,1-2H3,(H,45,46). The van der Waals surface area contributed by atoms with Crippen LogP contribution in [0.1, 0.15) is 168 Å². The van der Waals surface area contributed by atoms with Crippen LogP contribution in [0, 0.1) is 0 Å². The van der Waals surface area contributed by atoms with Gasteiger partial charge in [-0.3, -0.25) is 18.6 Å². The van der Waals surface area contributed by atoms with E-state index in [0.717, 1.165) is 44.9 Å². The number of aliphatic hydroxyl groups excluding tert-OH is 5. The van der Waals surface area contributed by atoms with E-state index in [0.29, 0.717) is 12.8 Å². The first-order chi connectivity index (χ1) is 24.4. The molecule has 13 nitrogen and oxygen atoms in total. The Labute approximate surface area is 306 Å². The fourth-order valence-electron chi connectivity index (χ4n) is 6.17. The quantitative estimate of drug-likeness (QED) is 0.0258.